The molecule has 0 spiro atoms. The fraction of sp³-hybridized carbons (Fsp3) is 0.263. The van der Waals surface area contributed by atoms with Crippen LogP contribution in [-0.4, -0.2) is 34.8 Å². The number of anilines is 1. The first-order valence-corrected chi connectivity index (χ1v) is 9.91. The molecular formula is C19H13BrCl2F2N2O2. The third-order valence-corrected chi connectivity index (χ3v) is 5.96. The van der Waals surface area contributed by atoms with Crippen molar-refractivity contribution in [1.29, 1.82) is 0 Å². The number of hydrogen-bond acceptors (Lipinski definition) is 2. The van der Waals surface area contributed by atoms with Crippen LogP contribution in [0.5, 0.6) is 0 Å². The zero-order chi connectivity index (χ0) is 20.3. The van der Waals surface area contributed by atoms with Gasteiger partial charge in [-0.3, -0.25) is 4.79 Å². The van der Waals surface area contributed by atoms with Gasteiger partial charge in [0.05, 0.1) is 12.2 Å². The Kier molecular flexibility index (Phi) is 4.68. The fourth-order valence-corrected chi connectivity index (χ4v) is 4.67. The molecule has 146 valence electrons. The molecule has 0 radical (unpaired) electrons. The maximum atomic E-state index is 14.3. The molecule has 2 heterocycles. The number of carbonyl (C=O) groups excluding carboxylic acids is 2. The molecule has 2 aliphatic heterocycles. The number of alkyl halides is 2. The third-order valence-electron chi connectivity index (χ3n) is 5.00. The standard InChI is InChI=1S/C19H13BrCl2F2N2O2/c20-12-3-1-11(2-4-12)8-18-9-19(23,24)10-25(18)17(28)26(16(18)27)15-6-13(21)5-14(22)7-15/h1-7H,8-10H2. The van der Waals surface area contributed by atoms with Gasteiger partial charge in [-0.25, -0.2) is 18.5 Å². The second-order valence-electron chi connectivity index (χ2n) is 7.00. The van der Waals surface area contributed by atoms with E-state index < -0.39 is 36.4 Å². The number of nitrogens with zero attached hydrogens (tertiary/aromatic N) is 2. The van der Waals surface area contributed by atoms with Crippen molar-refractivity contribution in [2.75, 3.05) is 11.4 Å². The van der Waals surface area contributed by atoms with E-state index in [4.69, 9.17) is 23.2 Å². The van der Waals surface area contributed by atoms with Gasteiger partial charge < -0.3 is 4.90 Å². The lowest BCUT2D eigenvalue weighted by molar-refractivity contribution is -0.124. The largest absolute Gasteiger partial charge is 0.332 e. The molecule has 0 N–H and O–H groups in total. The quantitative estimate of drug-likeness (QED) is 0.530. The van der Waals surface area contributed by atoms with Gasteiger partial charge in [0.2, 0.25) is 0 Å². The van der Waals surface area contributed by atoms with Gasteiger partial charge in [-0.05, 0) is 35.9 Å². The summed E-state index contributed by atoms with van der Waals surface area (Å²) in [5, 5.41) is 0.477. The maximum Gasteiger partial charge on any atom is 0.332 e. The molecule has 1 atom stereocenters. The van der Waals surface area contributed by atoms with Crippen LogP contribution >= 0.6 is 39.1 Å². The average molecular weight is 490 g/mol. The fourth-order valence-electron chi connectivity index (χ4n) is 3.89. The Labute approximate surface area is 178 Å². The van der Waals surface area contributed by atoms with Crippen LogP contribution in [0.4, 0.5) is 19.3 Å². The number of benzene rings is 2. The minimum Gasteiger partial charge on any atom is -0.303 e. The minimum atomic E-state index is -3.14. The van der Waals surface area contributed by atoms with E-state index in [1.54, 1.807) is 24.3 Å². The van der Waals surface area contributed by atoms with E-state index >= 15 is 0 Å². The molecule has 0 bridgehead atoms. The summed E-state index contributed by atoms with van der Waals surface area (Å²) < 4.78 is 29.4. The molecule has 4 nitrogen and oxygen atoms in total. The minimum absolute atomic E-state index is 0.00869. The maximum absolute atomic E-state index is 14.3. The highest BCUT2D eigenvalue weighted by molar-refractivity contribution is 9.10. The Morgan fingerprint density at radius 1 is 1.04 bits per heavy atom. The van der Waals surface area contributed by atoms with Crippen molar-refractivity contribution < 1.29 is 18.4 Å². The van der Waals surface area contributed by atoms with Gasteiger partial charge in [0, 0.05) is 27.4 Å². The van der Waals surface area contributed by atoms with Crippen LogP contribution in [0.3, 0.4) is 0 Å². The number of carbonyl (C=O) groups is 2. The van der Waals surface area contributed by atoms with Crippen molar-refractivity contribution in [2.24, 2.45) is 0 Å². The smallest absolute Gasteiger partial charge is 0.303 e. The summed E-state index contributed by atoms with van der Waals surface area (Å²) >= 11 is 15.3. The van der Waals surface area contributed by atoms with Gasteiger partial charge in [-0.2, -0.15) is 0 Å². The Balaban J connectivity index is 1.78. The summed E-state index contributed by atoms with van der Waals surface area (Å²) in [7, 11) is 0. The van der Waals surface area contributed by atoms with Crippen LogP contribution in [0.25, 0.3) is 0 Å². The van der Waals surface area contributed by atoms with E-state index in [0.29, 0.717) is 5.56 Å². The first-order valence-electron chi connectivity index (χ1n) is 8.36. The zero-order valence-electron chi connectivity index (χ0n) is 14.3. The number of imide groups is 1. The molecule has 2 aromatic rings. The normalized spacial score (nSPS) is 23.5. The number of fused-ring (bicyclic) bond motifs is 1. The van der Waals surface area contributed by atoms with Crippen molar-refractivity contribution in [2.45, 2.75) is 24.3 Å². The van der Waals surface area contributed by atoms with Crippen LogP contribution in [-0.2, 0) is 11.2 Å². The van der Waals surface area contributed by atoms with E-state index in [2.05, 4.69) is 15.9 Å². The molecule has 2 aromatic carbocycles. The Hall–Kier alpha value is -1.70. The number of rotatable bonds is 3. The predicted octanol–water partition coefficient (Wildman–Crippen LogP) is 5.55. The lowest BCUT2D eigenvalue weighted by atomic mass is 9.87. The summed E-state index contributed by atoms with van der Waals surface area (Å²) in [5.74, 6) is -3.84. The second-order valence-corrected chi connectivity index (χ2v) is 8.79. The number of amides is 3. The van der Waals surface area contributed by atoms with Crippen LogP contribution in [0.15, 0.2) is 46.9 Å². The molecule has 4 rings (SSSR count). The number of hydrogen-bond donors (Lipinski definition) is 0. The van der Waals surface area contributed by atoms with Crippen molar-refractivity contribution in [3.63, 3.8) is 0 Å². The van der Waals surface area contributed by atoms with Crippen LogP contribution in [0.2, 0.25) is 10.0 Å². The third kappa shape index (κ3) is 3.19. The summed E-state index contributed by atoms with van der Waals surface area (Å²) in [6.07, 6.45) is -0.739. The molecule has 9 heteroatoms. The van der Waals surface area contributed by atoms with E-state index in [0.717, 1.165) is 14.3 Å². The zero-order valence-corrected chi connectivity index (χ0v) is 17.4. The van der Waals surface area contributed by atoms with Gasteiger partial charge in [-0.15, -0.1) is 0 Å². The van der Waals surface area contributed by atoms with Crippen molar-refractivity contribution in [3.8, 4) is 0 Å². The molecule has 3 amide bonds. The molecular weight excluding hydrogens is 477 g/mol. The van der Waals surface area contributed by atoms with Gasteiger partial charge in [0.25, 0.3) is 11.8 Å². The lowest BCUT2D eigenvalue weighted by Crippen LogP contribution is -2.47. The van der Waals surface area contributed by atoms with E-state index in [9.17, 15) is 18.4 Å². The molecule has 0 aromatic heterocycles. The summed E-state index contributed by atoms with van der Waals surface area (Å²) in [6.45, 7) is -0.807. The van der Waals surface area contributed by atoms with E-state index in [1.165, 1.54) is 18.2 Å². The van der Waals surface area contributed by atoms with Gasteiger partial charge >= 0.3 is 6.03 Å². The van der Waals surface area contributed by atoms with Gasteiger partial charge in [0.1, 0.15) is 5.54 Å². The van der Waals surface area contributed by atoms with Crippen molar-refractivity contribution in [3.05, 3.63) is 62.5 Å². The first-order chi connectivity index (χ1) is 13.1. The van der Waals surface area contributed by atoms with Crippen molar-refractivity contribution in [1.82, 2.24) is 4.90 Å². The predicted molar refractivity (Wildman–Crippen MR) is 106 cm³/mol. The highest BCUT2D eigenvalue weighted by Crippen LogP contribution is 2.48. The van der Waals surface area contributed by atoms with Crippen LogP contribution in [0, 0.1) is 0 Å². The molecule has 1 unspecified atom stereocenters. The summed E-state index contributed by atoms with van der Waals surface area (Å²) in [4.78, 5) is 28.2. The van der Waals surface area contributed by atoms with Crippen LogP contribution < -0.4 is 4.90 Å². The molecule has 0 saturated carbocycles. The molecule has 28 heavy (non-hydrogen) atoms. The number of halogens is 5. The molecule has 2 aliphatic rings. The summed E-state index contributed by atoms with van der Waals surface area (Å²) in [6, 6.07) is 10.5. The summed E-state index contributed by atoms with van der Waals surface area (Å²) in [5.41, 5.74) is -0.804. The monoisotopic (exact) mass is 488 g/mol. The average Bonchev–Trinajstić information content (AvgIpc) is 2.96. The van der Waals surface area contributed by atoms with Crippen LogP contribution in [0.1, 0.15) is 12.0 Å². The highest BCUT2D eigenvalue weighted by Gasteiger charge is 2.67. The first kappa shape index (κ1) is 19.6. The topological polar surface area (TPSA) is 40.6 Å². The van der Waals surface area contributed by atoms with Gasteiger partial charge in [-0.1, -0.05) is 51.3 Å². The Morgan fingerprint density at radius 2 is 1.64 bits per heavy atom. The van der Waals surface area contributed by atoms with Gasteiger partial charge in [0.15, 0.2) is 0 Å². The van der Waals surface area contributed by atoms with E-state index in [1.807, 2.05) is 0 Å². The molecule has 2 fully saturated rings. The Morgan fingerprint density at radius 3 is 2.25 bits per heavy atom. The SMILES string of the molecule is O=C1N(c2cc(Cl)cc(Cl)c2)C(=O)C2(Cc3ccc(Br)cc3)CC(F)(F)CN12. The Bertz CT molecular complexity index is 966. The second kappa shape index (κ2) is 6.68. The van der Waals surface area contributed by atoms with E-state index in [-0.39, 0.29) is 22.2 Å². The molecule has 0 aliphatic carbocycles. The number of urea groups is 1. The highest BCUT2D eigenvalue weighted by atomic mass is 79.9. The molecule has 2 saturated heterocycles. The lowest BCUT2D eigenvalue weighted by Gasteiger charge is -2.27. The van der Waals surface area contributed by atoms with Crippen molar-refractivity contribution >= 4 is 56.8 Å².